The van der Waals surface area contributed by atoms with Crippen LogP contribution >= 0.6 is 34.3 Å². The van der Waals surface area contributed by atoms with E-state index in [1.165, 1.54) is 22.7 Å². The molecule has 0 spiro atoms. The minimum atomic E-state index is -0.161. The summed E-state index contributed by atoms with van der Waals surface area (Å²) in [4.78, 5) is 21.8. The van der Waals surface area contributed by atoms with Crippen molar-refractivity contribution in [1.82, 2.24) is 15.1 Å². The van der Waals surface area contributed by atoms with Gasteiger partial charge in [0.05, 0.1) is 10.6 Å². The number of aryl methyl sites for hydroxylation is 1. The van der Waals surface area contributed by atoms with Gasteiger partial charge in [-0.2, -0.15) is 4.98 Å². The Labute approximate surface area is 167 Å². The van der Waals surface area contributed by atoms with Crippen LogP contribution in [0.1, 0.15) is 12.3 Å². The maximum atomic E-state index is 12.2. The van der Waals surface area contributed by atoms with Gasteiger partial charge in [-0.05, 0) is 17.5 Å². The van der Waals surface area contributed by atoms with Crippen molar-refractivity contribution in [1.29, 1.82) is 0 Å². The summed E-state index contributed by atoms with van der Waals surface area (Å²) in [7, 11) is 0. The maximum absolute atomic E-state index is 12.2. The lowest BCUT2D eigenvalue weighted by Crippen LogP contribution is -2.12. The first-order chi connectivity index (χ1) is 13.2. The molecule has 0 bridgehead atoms. The monoisotopic (exact) mass is 416 g/mol. The zero-order chi connectivity index (χ0) is 18.6. The largest absolute Gasteiger partial charge is 0.339 e. The first-order valence-corrected chi connectivity index (χ1v) is 10.2. The molecule has 1 aromatic carbocycles. The topological polar surface area (TPSA) is 80.9 Å². The first-order valence-electron chi connectivity index (χ1n) is 8.06. The summed E-state index contributed by atoms with van der Waals surface area (Å²) in [6.45, 7) is 0. The van der Waals surface area contributed by atoms with Crippen molar-refractivity contribution in [2.24, 2.45) is 0 Å². The number of thiophene rings is 1. The molecule has 1 N–H and O–H groups in total. The van der Waals surface area contributed by atoms with Crippen molar-refractivity contribution in [2.45, 2.75) is 12.8 Å². The van der Waals surface area contributed by atoms with Gasteiger partial charge in [-0.25, -0.2) is 4.98 Å². The van der Waals surface area contributed by atoms with Crippen LogP contribution in [0.15, 0.2) is 51.7 Å². The molecule has 0 unspecified atom stereocenters. The number of thiazole rings is 1. The van der Waals surface area contributed by atoms with Gasteiger partial charge in [0.25, 0.3) is 0 Å². The molecule has 0 aliphatic heterocycles. The van der Waals surface area contributed by atoms with Crippen LogP contribution in [0.2, 0.25) is 5.02 Å². The van der Waals surface area contributed by atoms with Gasteiger partial charge in [0, 0.05) is 28.8 Å². The van der Waals surface area contributed by atoms with E-state index in [0.717, 1.165) is 16.1 Å². The predicted octanol–water partition coefficient (Wildman–Crippen LogP) is 5.15. The van der Waals surface area contributed by atoms with Gasteiger partial charge in [0.15, 0.2) is 5.13 Å². The van der Waals surface area contributed by atoms with E-state index >= 15 is 0 Å². The number of nitrogens with zero attached hydrogens (tertiary/aromatic N) is 3. The average molecular weight is 417 g/mol. The second-order valence-corrected chi connectivity index (χ2v) is 7.77. The minimum Gasteiger partial charge on any atom is -0.339 e. The summed E-state index contributed by atoms with van der Waals surface area (Å²) < 4.78 is 5.20. The van der Waals surface area contributed by atoms with E-state index < -0.39 is 0 Å². The molecule has 136 valence electrons. The predicted molar refractivity (Wildman–Crippen MR) is 107 cm³/mol. The second kappa shape index (κ2) is 7.99. The number of halogens is 1. The highest BCUT2D eigenvalue weighted by molar-refractivity contribution is 7.14. The van der Waals surface area contributed by atoms with E-state index in [1.54, 1.807) is 0 Å². The fourth-order valence-corrected chi connectivity index (χ4v) is 4.00. The van der Waals surface area contributed by atoms with E-state index in [1.807, 2.05) is 47.2 Å². The van der Waals surface area contributed by atoms with Crippen molar-refractivity contribution in [3.8, 4) is 22.0 Å². The van der Waals surface area contributed by atoms with E-state index in [4.69, 9.17) is 16.1 Å². The molecule has 0 saturated heterocycles. The standard InChI is InChI=1S/C18H13ClN4O2S2/c19-12-5-2-1-4-11(12)13-10-27-18(20-13)21-15(24)7-8-16-22-17(23-25-16)14-6-3-9-26-14/h1-6,9-10H,7-8H2,(H,20,21,24). The van der Waals surface area contributed by atoms with Crippen molar-refractivity contribution in [2.75, 3.05) is 5.32 Å². The van der Waals surface area contributed by atoms with Crippen LogP contribution < -0.4 is 5.32 Å². The van der Waals surface area contributed by atoms with Crippen LogP contribution in [0.5, 0.6) is 0 Å². The Bertz CT molecular complexity index is 1060. The molecule has 4 rings (SSSR count). The van der Waals surface area contributed by atoms with Gasteiger partial charge < -0.3 is 9.84 Å². The summed E-state index contributed by atoms with van der Waals surface area (Å²) in [5.41, 5.74) is 1.57. The van der Waals surface area contributed by atoms with Crippen molar-refractivity contribution >= 4 is 45.3 Å². The van der Waals surface area contributed by atoms with Crippen LogP contribution in [0, 0.1) is 0 Å². The molecule has 0 aliphatic rings. The third kappa shape index (κ3) is 4.24. The molecule has 1 amide bonds. The summed E-state index contributed by atoms with van der Waals surface area (Å²) in [5, 5.41) is 11.7. The van der Waals surface area contributed by atoms with Gasteiger partial charge in [0.2, 0.25) is 17.6 Å². The molecule has 0 atom stereocenters. The molecule has 0 fully saturated rings. The average Bonchev–Trinajstić information content (AvgIpc) is 3.41. The van der Waals surface area contributed by atoms with Crippen LogP contribution in [-0.4, -0.2) is 21.0 Å². The molecule has 0 saturated carbocycles. The Morgan fingerprint density at radius 1 is 1.15 bits per heavy atom. The normalized spacial score (nSPS) is 10.9. The number of hydrogen-bond acceptors (Lipinski definition) is 7. The van der Waals surface area contributed by atoms with E-state index in [9.17, 15) is 4.79 Å². The van der Waals surface area contributed by atoms with Gasteiger partial charge in [-0.1, -0.05) is 41.0 Å². The highest BCUT2D eigenvalue weighted by Crippen LogP contribution is 2.30. The summed E-state index contributed by atoms with van der Waals surface area (Å²) in [6, 6.07) is 11.3. The third-order valence-electron chi connectivity index (χ3n) is 3.68. The number of hydrogen-bond donors (Lipinski definition) is 1. The number of amides is 1. The smallest absolute Gasteiger partial charge is 0.227 e. The summed E-state index contributed by atoms with van der Waals surface area (Å²) in [6.07, 6.45) is 0.597. The van der Waals surface area contributed by atoms with E-state index in [2.05, 4.69) is 20.4 Å². The van der Waals surface area contributed by atoms with Gasteiger partial charge in [-0.15, -0.1) is 22.7 Å². The molecule has 4 aromatic rings. The first kappa shape index (κ1) is 17.8. The number of anilines is 1. The number of carbonyl (C=O) groups is 1. The van der Waals surface area contributed by atoms with Crippen molar-refractivity contribution in [3.63, 3.8) is 0 Å². The molecule has 0 radical (unpaired) electrons. The molecule has 6 nitrogen and oxygen atoms in total. The summed E-state index contributed by atoms with van der Waals surface area (Å²) in [5.74, 6) is 0.820. The van der Waals surface area contributed by atoms with E-state index in [-0.39, 0.29) is 12.3 Å². The molecular weight excluding hydrogens is 404 g/mol. The van der Waals surface area contributed by atoms with Gasteiger partial charge in [0.1, 0.15) is 0 Å². The highest BCUT2D eigenvalue weighted by Gasteiger charge is 2.13. The lowest BCUT2D eigenvalue weighted by molar-refractivity contribution is -0.116. The lowest BCUT2D eigenvalue weighted by atomic mass is 10.2. The summed E-state index contributed by atoms with van der Waals surface area (Å²) >= 11 is 9.08. The quantitative estimate of drug-likeness (QED) is 0.470. The molecule has 3 aromatic heterocycles. The SMILES string of the molecule is O=C(CCc1nc(-c2cccs2)no1)Nc1nc(-c2ccccc2Cl)cs1. The van der Waals surface area contributed by atoms with Crippen LogP contribution in [-0.2, 0) is 11.2 Å². The number of nitrogens with one attached hydrogen (secondary N) is 1. The molecule has 27 heavy (non-hydrogen) atoms. The fourth-order valence-electron chi connectivity index (χ4n) is 2.39. The van der Waals surface area contributed by atoms with Crippen molar-refractivity contribution in [3.05, 3.63) is 58.1 Å². The minimum absolute atomic E-state index is 0.161. The zero-order valence-electron chi connectivity index (χ0n) is 13.9. The molecule has 3 heterocycles. The number of carbonyl (C=O) groups excluding carboxylic acids is 1. The zero-order valence-corrected chi connectivity index (χ0v) is 16.3. The maximum Gasteiger partial charge on any atom is 0.227 e. The molecule has 0 aliphatic carbocycles. The van der Waals surface area contributed by atoms with Crippen LogP contribution in [0.3, 0.4) is 0 Å². The molecular formula is C18H13ClN4O2S2. The lowest BCUT2D eigenvalue weighted by Gasteiger charge is -2.00. The van der Waals surface area contributed by atoms with E-state index in [0.29, 0.717) is 28.3 Å². The van der Waals surface area contributed by atoms with Gasteiger partial charge in [-0.3, -0.25) is 4.79 Å². The van der Waals surface area contributed by atoms with Crippen LogP contribution in [0.25, 0.3) is 22.0 Å². The Morgan fingerprint density at radius 2 is 2.04 bits per heavy atom. The Morgan fingerprint density at radius 3 is 2.85 bits per heavy atom. The number of benzene rings is 1. The highest BCUT2D eigenvalue weighted by atomic mass is 35.5. The third-order valence-corrected chi connectivity index (χ3v) is 5.63. The Kier molecular flexibility index (Phi) is 5.28. The fraction of sp³-hybridized carbons (Fsp3) is 0.111. The van der Waals surface area contributed by atoms with Gasteiger partial charge >= 0.3 is 0 Å². The number of rotatable bonds is 6. The number of aromatic nitrogens is 3. The second-order valence-electron chi connectivity index (χ2n) is 5.55. The molecule has 9 heteroatoms. The van der Waals surface area contributed by atoms with Crippen molar-refractivity contribution < 1.29 is 9.32 Å². The van der Waals surface area contributed by atoms with Crippen LogP contribution in [0.4, 0.5) is 5.13 Å². The Balaban J connectivity index is 1.34. The Hall–Kier alpha value is -2.55.